The number of aromatic nitrogens is 1. The predicted molar refractivity (Wildman–Crippen MR) is 56.9 cm³/mol. The fourth-order valence-electron chi connectivity index (χ4n) is 1.86. The third kappa shape index (κ3) is 2.18. The number of H-pyrrole nitrogens is 1. The molecule has 3 nitrogen and oxygen atoms in total. The van der Waals surface area contributed by atoms with E-state index < -0.39 is 0 Å². The van der Waals surface area contributed by atoms with Gasteiger partial charge in [0.25, 0.3) is 0 Å². The second kappa shape index (κ2) is 4.17. The van der Waals surface area contributed by atoms with Crippen LogP contribution in [0.4, 0.5) is 0 Å². The highest BCUT2D eigenvalue weighted by molar-refractivity contribution is 8.00. The van der Waals surface area contributed by atoms with E-state index in [2.05, 4.69) is 4.98 Å². The van der Waals surface area contributed by atoms with Crippen molar-refractivity contribution in [1.29, 1.82) is 0 Å². The van der Waals surface area contributed by atoms with Crippen molar-refractivity contribution in [2.24, 2.45) is 0 Å². The maximum atomic E-state index is 9.43. The van der Waals surface area contributed by atoms with E-state index in [-0.39, 0.29) is 11.8 Å². The highest BCUT2D eigenvalue weighted by atomic mass is 32.2. The Hall–Kier alpha value is -0.770. The largest absolute Gasteiger partial charge is 0.494 e. The summed E-state index contributed by atoms with van der Waals surface area (Å²) in [6.45, 7) is 0. The fraction of sp³-hybridized carbons (Fsp3) is 0.600. The molecule has 0 atom stereocenters. The standard InChI is InChI=1S/C10H15NO2S/c12-9-6-8(10(13)11-9)14-7-4-2-1-3-5-7/h6-7,11-13H,1-5H2. The van der Waals surface area contributed by atoms with E-state index in [4.69, 9.17) is 5.11 Å². The molecule has 1 heterocycles. The number of aromatic amines is 1. The Labute approximate surface area is 87.5 Å². The molecule has 1 fully saturated rings. The molecule has 1 aliphatic carbocycles. The van der Waals surface area contributed by atoms with Gasteiger partial charge in [-0.3, -0.25) is 4.98 Å². The molecule has 0 amide bonds. The average Bonchev–Trinajstić information content (AvgIpc) is 2.47. The SMILES string of the molecule is Oc1cc(SC2CCCCC2)c(O)[nH]1. The summed E-state index contributed by atoms with van der Waals surface area (Å²) < 4.78 is 0. The van der Waals surface area contributed by atoms with Crippen LogP contribution in [-0.4, -0.2) is 20.4 Å². The van der Waals surface area contributed by atoms with Gasteiger partial charge in [-0.25, -0.2) is 0 Å². The molecule has 1 aromatic rings. The lowest BCUT2D eigenvalue weighted by molar-refractivity contribution is 0.421. The molecule has 0 saturated heterocycles. The monoisotopic (exact) mass is 213 g/mol. The minimum atomic E-state index is 0.0424. The van der Waals surface area contributed by atoms with Gasteiger partial charge in [0, 0.05) is 11.3 Å². The molecule has 1 aliphatic rings. The smallest absolute Gasteiger partial charge is 0.205 e. The van der Waals surface area contributed by atoms with Gasteiger partial charge in [0.1, 0.15) is 0 Å². The molecule has 3 N–H and O–H groups in total. The third-order valence-corrected chi connectivity index (χ3v) is 3.96. The number of nitrogens with one attached hydrogen (secondary N) is 1. The van der Waals surface area contributed by atoms with Gasteiger partial charge in [-0.2, -0.15) is 0 Å². The number of hydrogen-bond donors (Lipinski definition) is 3. The Balaban J connectivity index is 1.98. The summed E-state index contributed by atoms with van der Waals surface area (Å²) in [6, 6.07) is 1.59. The van der Waals surface area contributed by atoms with Gasteiger partial charge in [-0.05, 0) is 12.8 Å². The maximum Gasteiger partial charge on any atom is 0.205 e. The zero-order valence-electron chi connectivity index (χ0n) is 7.99. The summed E-state index contributed by atoms with van der Waals surface area (Å²) in [6.07, 6.45) is 6.34. The van der Waals surface area contributed by atoms with E-state index in [1.54, 1.807) is 17.8 Å². The highest BCUT2D eigenvalue weighted by Crippen LogP contribution is 2.39. The summed E-state index contributed by atoms with van der Waals surface area (Å²) in [7, 11) is 0. The zero-order valence-corrected chi connectivity index (χ0v) is 8.81. The second-order valence-electron chi connectivity index (χ2n) is 3.75. The molecule has 0 unspecified atom stereocenters. The molecular weight excluding hydrogens is 198 g/mol. The van der Waals surface area contributed by atoms with Crippen LogP contribution in [0.3, 0.4) is 0 Å². The van der Waals surface area contributed by atoms with Gasteiger partial charge in [0.2, 0.25) is 5.88 Å². The van der Waals surface area contributed by atoms with Crippen molar-refractivity contribution in [3.05, 3.63) is 6.07 Å². The van der Waals surface area contributed by atoms with E-state index in [1.807, 2.05) is 0 Å². The lowest BCUT2D eigenvalue weighted by atomic mass is 10.0. The summed E-state index contributed by atoms with van der Waals surface area (Å²) in [5, 5.41) is 19.2. The van der Waals surface area contributed by atoms with Gasteiger partial charge in [-0.15, -0.1) is 11.8 Å². The van der Waals surface area contributed by atoms with Gasteiger partial charge in [0.05, 0.1) is 4.90 Å². The van der Waals surface area contributed by atoms with Crippen molar-refractivity contribution in [1.82, 2.24) is 4.98 Å². The number of aromatic hydroxyl groups is 2. The van der Waals surface area contributed by atoms with E-state index >= 15 is 0 Å². The number of hydrogen-bond acceptors (Lipinski definition) is 3. The van der Waals surface area contributed by atoms with Crippen LogP contribution in [0.2, 0.25) is 0 Å². The van der Waals surface area contributed by atoms with Crippen LogP contribution in [0, 0.1) is 0 Å². The van der Waals surface area contributed by atoms with Crippen LogP contribution in [0.25, 0.3) is 0 Å². The summed E-state index contributed by atoms with van der Waals surface area (Å²) >= 11 is 1.67. The van der Waals surface area contributed by atoms with Crippen molar-refractivity contribution in [3.8, 4) is 11.8 Å². The second-order valence-corrected chi connectivity index (χ2v) is 5.09. The van der Waals surface area contributed by atoms with Gasteiger partial charge in [-0.1, -0.05) is 19.3 Å². The van der Waals surface area contributed by atoms with Crippen molar-refractivity contribution < 1.29 is 10.2 Å². The molecule has 0 radical (unpaired) electrons. The minimum absolute atomic E-state index is 0.0424. The maximum absolute atomic E-state index is 9.43. The molecule has 0 bridgehead atoms. The van der Waals surface area contributed by atoms with Crippen LogP contribution < -0.4 is 0 Å². The highest BCUT2D eigenvalue weighted by Gasteiger charge is 2.17. The number of thioether (sulfide) groups is 1. The number of rotatable bonds is 2. The molecule has 0 aliphatic heterocycles. The first-order chi connectivity index (χ1) is 6.75. The van der Waals surface area contributed by atoms with Crippen LogP contribution >= 0.6 is 11.8 Å². The Kier molecular flexibility index (Phi) is 2.91. The molecule has 2 rings (SSSR count). The lowest BCUT2D eigenvalue weighted by Gasteiger charge is -2.20. The molecule has 0 spiro atoms. The predicted octanol–water partition coefficient (Wildman–Crippen LogP) is 2.85. The van der Waals surface area contributed by atoms with Crippen LogP contribution in [0.15, 0.2) is 11.0 Å². The first-order valence-corrected chi connectivity index (χ1v) is 5.91. The molecule has 78 valence electrons. The van der Waals surface area contributed by atoms with Crippen molar-refractivity contribution in [2.75, 3.05) is 0 Å². The minimum Gasteiger partial charge on any atom is -0.494 e. The zero-order chi connectivity index (χ0) is 9.97. The summed E-state index contributed by atoms with van der Waals surface area (Å²) in [5.74, 6) is 0.138. The average molecular weight is 213 g/mol. The van der Waals surface area contributed by atoms with E-state index in [0.29, 0.717) is 5.25 Å². The molecule has 4 heteroatoms. The van der Waals surface area contributed by atoms with Crippen LogP contribution in [0.1, 0.15) is 32.1 Å². The Morgan fingerprint density at radius 3 is 2.50 bits per heavy atom. The quantitative estimate of drug-likeness (QED) is 0.708. The Bertz CT molecular complexity index is 305. The topological polar surface area (TPSA) is 56.2 Å². The molecule has 1 saturated carbocycles. The van der Waals surface area contributed by atoms with Crippen LogP contribution in [-0.2, 0) is 0 Å². The normalized spacial score (nSPS) is 18.6. The first-order valence-electron chi connectivity index (χ1n) is 5.03. The fourth-order valence-corrected chi connectivity index (χ4v) is 3.13. The van der Waals surface area contributed by atoms with Gasteiger partial charge < -0.3 is 10.2 Å². The van der Waals surface area contributed by atoms with Crippen molar-refractivity contribution in [2.45, 2.75) is 42.2 Å². The molecule has 1 aromatic heterocycles. The van der Waals surface area contributed by atoms with Gasteiger partial charge >= 0.3 is 0 Å². The van der Waals surface area contributed by atoms with Crippen LogP contribution in [0.5, 0.6) is 11.8 Å². The Morgan fingerprint density at radius 1 is 1.21 bits per heavy atom. The molecule has 0 aromatic carbocycles. The Morgan fingerprint density at radius 2 is 1.93 bits per heavy atom. The first kappa shape index (κ1) is 9.77. The van der Waals surface area contributed by atoms with E-state index in [1.165, 1.54) is 32.1 Å². The van der Waals surface area contributed by atoms with Crippen molar-refractivity contribution >= 4 is 11.8 Å². The summed E-state index contributed by atoms with van der Waals surface area (Å²) in [5.41, 5.74) is 0. The van der Waals surface area contributed by atoms with Crippen molar-refractivity contribution in [3.63, 3.8) is 0 Å². The van der Waals surface area contributed by atoms with E-state index in [9.17, 15) is 5.11 Å². The lowest BCUT2D eigenvalue weighted by Crippen LogP contribution is -2.07. The van der Waals surface area contributed by atoms with Gasteiger partial charge in [0.15, 0.2) is 5.88 Å². The third-order valence-electron chi connectivity index (χ3n) is 2.59. The summed E-state index contributed by atoms with van der Waals surface area (Å²) in [4.78, 5) is 3.26. The molecular formula is C10H15NO2S. The molecule has 14 heavy (non-hydrogen) atoms. The van der Waals surface area contributed by atoms with E-state index in [0.717, 1.165) is 4.90 Å².